The molecule has 1 saturated carbocycles. The average molecular weight is 546 g/mol. The zero-order valence-electron chi connectivity index (χ0n) is 22.9. The van der Waals surface area contributed by atoms with E-state index >= 15 is 0 Å². The van der Waals surface area contributed by atoms with E-state index < -0.39 is 0 Å². The number of nitrogens with one attached hydrogen (secondary N) is 1. The van der Waals surface area contributed by atoms with Crippen molar-refractivity contribution in [3.63, 3.8) is 0 Å². The number of methoxy groups -OCH3 is 1. The van der Waals surface area contributed by atoms with Crippen LogP contribution in [0.25, 0.3) is 23.0 Å². The molecule has 1 aliphatic heterocycles. The minimum Gasteiger partial charge on any atom is -0.483 e. The molecule has 1 saturated heterocycles. The van der Waals surface area contributed by atoms with Crippen LogP contribution in [0.4, 0.5) is 5.82 Å². The van der Waals surface area contributed by atoms with Crippen LogP contribution in [0.2, 0.25) is 0 Å². The first-order chi connectivity index (χ1) is 19.5. The van der Waals surface area contributed by atoms with Gasteiger partial charge in [0.05, 0.1) is 13.2 Å². The zero-order chi connectivity index (χ0) is 28.0. The Morgan fingerprint density at radius 3 is 2.58 bits per heavy atom. The fraction of sp³-hybridized carbons (Fsp3) is 0.414. The predicted octanol–water partition coefficient (Wildman–Crippen LogP) is 3.53. The molecule has 0 atom stereocenters. The normalized spacial score (nSPS) is 16.1. The molecule has 0 unspecified atom stereocenters. The van der Waals surface area contributed by atoms with Gasteiger partial charge in [-0.05, 0) is 49.1 Å². The maximum Gasteiger partial charge on any atom is 0.290 e. The minimum absolute atomic E-state index is 0.153. The monoisotopic (exact) mass is 545 g/mol. The fourth-order valence-corrected chi connectivity index (χ4v) is 5.39. The lowest BCUT2D eigenvalue weighted by Gasteiger charge is -2.42. The summed E-state index contributed by atoms with van der Waals surface area (Å²) in [6.45, 7) is 7.11. The van der Waals surface area contributed by atoms with E-state index in [0.29, 0.717) is 24.0 Å². The second kappa shape index (κ2) is 12.4. The van der Waals surface area contributed by atoms with Crippen molar-refractivity contribution >= 4 is 12.3 Å². The van der Waals surface area contributed by atoms with E-state index in [1.807, 2.05) is 29.9 Å². The molecule has 40 heavy (non-hydrogen) atoms. The number of hydrogen-bond acceptors (Lipinski definition) is 9. The Kier molecular flexibility index (Phi) is 8.51. The van der Waals surface area contributed by atoms with E-state index in [2.05, 4.69) is 55.7 Å². The highest BCUT2D eigenvalue weighted by molar-refractivity contribution is 5.59. The molecule has 0 bridgehead atoms. The van der Waals surface area contributed by atoms with Gasteiger partial charge in [0.15, 0.2) is 5.69 Å². The summed E-state index contributed by atoms with van der Waals surface area (Å²) in [5.74, 6) is 2.01. The zero-order valence-corrected chi connectivity index (χ0v) is 22.9. The van der Waals surface area contributed by atoms with Gasteiger partial charge in [-0.1, -0.05) is 35.8 Å². The maximum atomic E-state index is 8.36. The van der Waals surface area contributed by atoms with Crippen molar-refractivity contribution in [1.29, 1.82) is 0 Å². The summed E-state index contributed by atoms with van der Waals surface area (Å²) in [4.78, 5) is 19.9. The van der Waals surface area contributed by atoms with Gasteiger partial charge in [-0.3, -0.25) is 9.48 Å². The van der Waals surface area contributed by atoms with Crippen LogP contribution in [0, 0.1) is 6.92 Å². The fourth-order valence-electron chi connectivity index (χ4n) is 5.39. The number of hydrogen-bond donors (Lipinski definition) is 2. The molecule has 2 aliphatic rings. The molecule has 4 aromatic rings. The lowest BCUT2D eigenvalue weighted by atomic mass is 9.65. The Hall–Kier alpha value is -4.09. The first-order valence-electron chi connectivity index (χ1n) is 13.5. The number of aromatic nitrogens is 5. The molecule has 0 amide bonds. The van der Waals surface area contributed by atoms with Crippen LogP contribution in [-0.2, 0) is 21.5 Å². The third-order valence-corrected chi connectivity index (χ3v) is 7.70. The topological polar surface area (TPSA) is 131 Å². The maximum absolute atomic E-state index is 8.36. The van der Waals surface area contributed by atoms with E-state index in [4.69, 9.17) is 24.3 Å². The summed E-state index contributed by atoms with van der Waals surface area (Å²) in [5.41, 5.74) is 5.27. The molecule has 1 aromatic carbocycles. The summed E-state index contributed by atoms with van der Waals surface area (Å²) < 4.78 is 13.1. The Bertz CT molecular complexity index is 1410. The summed E-state index contributed by atoms with van der Waals surface area (Å²) >= 11 is 0. The highest BCUT2D eigenvalue weighted by Gasteiger charge is 2.38. The van der Waals surface area contributed by atoms with E-state index in [-0.39, 0.29) is 11.9 Å². The standard InChI is InChI=1S/C28H33N7O2.CH2O2/c1-20-16-24(32-35(20)18-21-8-11-30-25(17-21)34-14-12-29-13-15-34)27-31-26(33-37-27)22-4-6-23(7-5-22)28(19-36-2)9-3-10-28;2-1-3/h4-8,11,16-17,29H,3,9-10,12-15,18-19H2,1-2H3;1H,(H,2,3). The van der Waals surface area contributed by atoms with Crippen molar-refractivity contribution in [2.75, 3.05) is 44.8 Å². The summed E-state index contributed by atoms with van der Waals surface area (Å²) in [6, 6.07) is 14.7. The van der Waals surface area contributed by atoms with Crippen LogP contribution in [0.1, 0.15) is 36.1 Å². The minimum atomic E-state index is -0.250. The number of pyridine rings is 1. The van der Waals surface area contributed by atoms with Gasteiger partial charge in [0.25, 0.3) is 12.4 Å². The Morgan fingerprint density at radius 2 is 1.90 bits per heavy atom. The third-order valence-electron chi connectivity index (χ3n) is 7.70. The van der Waals surface area contributed by atoms with Crippen molar-refractivity contribution in [1.82, 2.24) is 30.2 Å². The number of anilines is 1. The van der Waals surface area contributed by atoms with E-state index in [1.165, 1.54) is 24.8 Å². The number of carbonyl (C=O) groups is 1. The second-order valence-electron chi connectivity index (χ2n) is 10.3. The van der Waals surface area contributed by atoms with Gasteiger partial charge >= 0.3 is 0 Å². The highest BCUT2D eigenvalue weighted by Crippen LogP contribution is 2.44. The van der Waals surface area contributed by atoms with E-state index in [9.17, 15) is 0 Å². The lowest BCUT2D eigenvalue weighted by Crippen LogP contribution is -2.43. The van der Waals surface area contributed by atoms with Crippen molar-refractivity contribution in [2.45, 2.75) is 38.1 Å². The lowest BCUT2D eigenvalue weighted by molar-refractivity contribution is -0.122. The summed E-state index contributed by atoms with van der Waals surface area (Å²) in [6.07, 6.45) is 5.48. The number of carboxylic acid groups (broad SMARTS) is 1. The van der Waals surface area contributed by atoms with Crippen LogP contribution in [0.5, 0.6) is 0 Å². The Labute approximate surface area is 233 Å². The van der Waals surface area contributed by atoms with Crippen LogP contribution in [-0.4, -0.2) is 76.4 Å². The summed E-state index contributed by atoms with van der Waals surface area (Å²) in [7, 11) is 1.78. The quantitative estimate of drug-likeness (QED) is 0.317. The smallest absolute Gasteiger partial charge is 0.290 e. The number of piperazine rings is 1. The summed E-state index contributed by atoms with van der Waals surface area (Å²) in [5, 5.41) is 19.3. The molecule has 4 heterocycles. The van der Waals surface area contributed by atoms with Crippen LogP contribution < -0.4 is 10.2 Å². The molecule has 210 valence electrons. The molecule has 2 N–H and O–H groups in total. The largest absolute Gasteiger partial charge is 0.483 e. The third kappa shape index (κ3) is 5.90. The second-order valence-corrected chi connectivity index (χ2v) is 10.3. The molecular formula is C29H35N7O4. The van der Waals surface area contributed by atoms with Crippen LogP contribution >= 0.6 is 0 Å². The molecule has 11 nitrogen and oxygen atoms in total. The van der Waals surface area contributed by atoms with Gasteiger partial charge < -0.3 is 24.6 Å². The Balaban J connectivity index is 0.00000103. The van der Waals surface area contributed by atoms with E-state index in [1.54, 1.807) is 7.11 Å². The molecule has 0 radical (unpaired) electrons. The van der Waals surface area contributed by atoms with Gasteiger partial charge in [0.1, 0.15) is 5.82 Å². The van der Waals surface area contributed by atoms with Gasteiger partial charge in [0, 0.05) is 56.2 Å². The Morgan fingerprint density at radius 1 is 1.15 bits per heavy atom. The van der Waals surface area contributed by atoms with Gasteiger partial charge in [-0.2, -0.15) is 10.1 Å². The molecule has 0 spiro atoms. The number of ether oxygens (including phenoxy) is 1. The molecule has 6 rings (SSSR count). The van der Waals surface area contributed by atoms with E-state index in [0.717, 1.165) is 55.4 Å². The molecular weight excluding hydrogens is 510 g/mol. The highest BCUT2D eigenvalue weighted by atomic mass is 16.5. The molecule has 1 aliphatic carbocycles. The predicted molar refractivity (Wildman–Crippen MR) is 150 cm³/mol. The van der Waals surface area contributed by atoms with Gasteiger partial charge in [-0.25, -0.2) is 4.98 Å². The van der Waals surface area contributed by atoms with Crippen molar-refractivity contribution < 1.29 is 19.2 Å². The first-order valence-corrected chi connectivity index (χ1v) is 13.5. The number of benzene rings is 1. The molecule has 3 aromatic heterocycles. The number of rotatable bonds is 8. The molecule has 2 fully saturated rings. The molecule has 11 heteroatoms. The SMILES string of the molecule is COCC1(c2ccc(-c3noc(-c4cc(C)n(Cc5ccnc(N6CCNCC6)c5)n4)n3)cc2)CCC1.O=CO. The van der Waals surface area contributed by atoms with Crippen LogP contribution in [0.3, 0.4) is 0 Å². The van der Waals surface area contributed by atoms with Crippen molar-refractivity contribution in [2.24, 2.45) is 0 Å². The first kappa shape index (κ1) is 27.5. The van der Waals surface area contributed by atoms with Gasteiger partial charge in [-0.15, -0.1) is 0 Å². The average Bonchev–Trinajstić information content (AvgIpc) is 3.59. The van der Waals surface area contributed by atoms with Crippen molar-refractivity contribution in [3.8, 4) is 23.0 Å². The van der Waals surface area contributed by atoms with Gasteiger partial charge in [0.2, 0.25) is 5.82 Å². The van der Waals surface area contributed by atoms with Crippen molar-refractivity contribution in [3.05, 3.63) is 65.5 Å². The number of nitrogens with zero attached hydrogens (tertiary/aromatic N) is 6. The number of aryl methyl sites for hydroxylation is 1. The van der Waals surface area contributed by atoms with Crippen LogP contribution in [0.15, 0.2) is 53.2 Å².